The summed E-state index contributed by atoms with van der Waals surface area (Å²) in [6, 6.07) is 0.723. The van der Waals surface area contributed by atoms with Gasteiger partial charge in [-0.3, -0.25) is 0 Å². The Labute approximate surface area is 68.5 Å². The van der Waals surface area contributed by atoms with E-state index in [4.69, 9.17) is 4.74 Å². The fourth-order valence-corrected chi connectivity index (χ4v) is 2.15. The number of rotatable bonds is 1. The Hall–Kier alpha value is -0.0800. The van der Waals surface area contributed by atoms with E-state index in [2.05, 4.69) is 18.7 Å². The highest BCUT2D eigenvalue weighted by molar-refractivity contribution is 4.88. The van der Waals surface area contributed by atoms with Gasteiger partial charge in [-0.05, 0) is 13.8 Å². The summed E-state index contributed by atoms with van der Waals surface area (Å²) in [4.78, 5) is 2.57. The number of hydrogen-bond donors (Lipinski definition) is 0. The second-order valence-electron chi connectivity index (χ2n) is 4.11. The summed E-state index contributed by atoms with van der Waals surface area (Å²) in [6.45, 7) is 9.11. The van der Waals surface area contributed by atoms with E-state index in [-0.39, 0.29) is 0 Å². The Balaban J connectivity index is 1.94. The fraction of sp³-hybridized carbons (Fsp3) is 1.00. The van der Waals surface area contributed by atoms with Crippen molar-refractivity contribution in [3.63, 3.8) is 0 Å². The molecule has 0 spiro atoms. The van der Waals surface area contributed by atoms with Gasteiger partial charge < -0.3 is 9.64 Å². The van der Waals surface area contributed by atoms with Crippen molar-refractivity contribution < 1.29 is 4.74 Å². The normalized spacial score (nSPS) is 38.5. The Kier molecular flexibility index (Phi) is 1.90. The highest BCUT2D eigenvalue weighted by Gasteiger charge is 2.37. The van der Waals surface area contributed by atoms with Gasteiger partial charge in [-0.25, -0.2) is 0 Å². The molecular formula is C9H17NO. The molecule has 0 aliphatic carbocycles. The summed E-state index contributed by atoms with van der Waals surface area (Å²) in [6.07, 6.45) is 0. The maximum Gasteiger partial charge on any atom is 0.0510 e. The third kappa shape index (κ3) is 1.30. The lowest BCUT2D eigenvalue weighted by molar-refractivity contribution is 0.145. The Morgan fingerprint density at radius 1 is 1.18 bits per heavy atom. The van der Waals surface area contributed by atoms with Crippen molar-refractivity contribution in [2.75, 3.05) is 26.3 Å². The van der Waals surface area contributed by atoms with Crippen molar-refractivity contribution in [2.45, 2.75) is 19.9 Å². The Bertz CT molecular complexity index is 134. The van der Waals surface area contributed by atoms with Gasteiger partial charge in [0, 0.05) is 31.0 Å². The van der Waals surface area contributed by atoms with Crippen LogP contribution >= 0.6 is 0 Å². The summed E-state index contributed by atoms with van der Waals surface area (Å²) >= 11 is 0. The molecule has 2 heterocycles. The van der Waals surface area contributed by atoms with Crippen LogP contribution in [0.2, 0.25) is 0 Å². The van der Waals surface area contributed by atoms with Crippen molar-refractivity contribution in [3.05, 3.63) is 0 Å². The van der Waals surface area contributed by atoms with Crippen LogP contribution in [-0.2, 0) is 4.74 Å². The van der Waals surface area contributed by atoms with E-state index in [1.165, 1.54) is 13.1 Å². The first kappa shape index (κ1) is 7.56. The lowest BCUT2D eigenvalue weighted by Gasteiger charge is -2.20. The van der Waals surface area contributed by atoms with Crippen LogP contribution in [0.4, 0.5) is 0 Å². The molecule has 0 bridgehead atoms. The standard InChI is InChI=1S/C9H17NO/c1-7(2)10-3-8-5-11-6-9(8)4-10/h7-9H,3-6H2,1-2H3/t8-,9+. The van der Waals surface area contributed by atoms with Gasteiger partial charge in [0.1, 0.15) is 0 Å². The molecular weight excluding hydrogens is 138 g/mol. The molecule has 0 aromatic carbocycles. The smallest absolute Gasteiger partial charge is 0.0510 e. The molecule has 0 N–H and O–H groups in total. The van der Waals surface area contributed by atoms with Crippen LogP contribution in [0.1, 0.15) is 13.8 Å². The predicted molar refractivity (Wildman–Crippen MR) is 44.5 cm³/mol. The summed E-state index contributed by atoms with van der Waals surface area (Å²) in [5.41, 5.74) is 0. The van der Waals surface area contributed by atoms with Crippen LogP contribution in [0.3, 0.4) is 0 Å². The summed E-state index contributed by atoms with van der Waals surface area (Å²) in [5.74, 6) is 1.69. The number of nitrogens with zero attached hydrogens (tertiary/aromatic N) is 1. The number of fused-ring (bicyclic) bond motifs is 1. The summed E-state index contributed by atoms with van der Waals surface area (Å²) < 4.78 is 5.41. The third-order valence-corrected chi connectivity index (χ3v) is 3.00. The molecule has 0 saturated carbocycles. The Morgan fingerprint density at radius 2 is 1.73 bits per heavy atom. The fourth-order valence-electron chi connectivity index (χ4n) is 2.15. The molecule has 0 aromatic rings. The van der Waals surface area contributed by atoms with Crippen LogP contribution in [0.15, 0.2) is 0 Å². The first-order valence-corrected chi connectivity index (χ1v) is 4.59. The van der Waals surface area contributed by atoms with E-state index >= 15 is 0 Å². The van der Waals surface area contributed by atoms with Crippen molar-refractivity contribution in [3.8, 4) is 0 Å². The number of ether oxygens (including phenoxy) is 1. The van der Waals surface area contributed by atoms with Gasteiger partial charge in [-0.2, -0.15) is 0 Å². The molecule has 2 atom stereocenters. The first-order chi connectivity index (χ1) is 5.27. The zero-order valence-electron chi connectivity index (χ0n) is 7.42. The molecule has 11 heavy (non-hydrogen) atoms. The van der Waals surface area contributed by atoms with Crippen LogP contribution in [0.5, 0.6) is 0 Å². The Morgan fingerprint density at radius 3 is 2.18 bits per heavy atom. The minimum Gasteiger partial charge on any atom is -0.381 e. The molecule has 0 amide bonds. The zero-order chi connectivity index (χ0) is 7.84. The highest BCUT2D eigenvalue weighted by atomic mass is 16.5. The summed E-state index contributed by atoms with van der Waals surface area (Å²) in [5, 5.41) is 0. The third-order valence-electron chi connectivity index (χ3n) is 3.00. The molecule has 2 rings (SSSR count). The van der Waals surface area contributed by atoms with Crippen LogP contribution < -0.4 is 0 Å². The SMILES string of the molecule is CC(C)N1C[C@H]2COC[C@H]2C1. The molecule has 2 heteroatoms. The van der Waals surface area contributed by atoms with Gasteiger partial charge >= 0.3 is 0 Å². The van der Waals surface area contributed by atoms with E-state index < -0.39 is 0 Å². The van der Waals surface area contributed by atoms with Crippen LogP contribution in [0.25, 0.3) is 0 Å². The largest absolute Gasteiger partial charge is 0.381 e. The number of hydrogen-bond acceptors (Lipinski definition) is 2. The molecule has 0 aromatic heterocycles. The quantitative estimate of drug-likeness (QED) is 0.559. The molecule has 2 saturated heterocycles. The van der Waals surface area contributed by atoms with E-state index in [0.717, 1.165) is 31.1 Å². The van der Waals surface area contributed by atoms with E-state index in [0.29, 0.717) is 0 Å². The van der Waals surface area contributed by atoms with Gasteiger partial charge in [0.25, 0.3) is 0 Å². The second kappa shape index (κ2) is 2.76. The molecule has 64 valence electrons. The molecule has 2 aliphatic heterocycles. The van der Waals surface area contributed by atoms with Gasteiger partial charge in [0.05, 0.1) is 13.2 Å². The molecule has 0 radical (unpaired) electrons. The van der Waals surface area contributed by atoms with Gasteiger partial charge in [-0.1, -0.05) is 0 Å². The van der Waals surface area contributed by atoms with Crippen molar-refractivity contribution in [2.24, 2.45) is 11.8 Å². The van der Waals surface area contributed by atoms with Crippen molar-refractivity contribution in [1.29, 1.82) is 0 Å². The lowest BCUT2D eigenvalue weighted by Crippen LogP contribution is -2.29. The van der Waals surface area contributed by atoms with Gasteiger partial charge in [-0.15, -0.1) is 0 Å². The minimum absolute atomic E-state index is 0.723. The first-order valence-electron chi connectivity index (χ1n) is 4.59. The minimum atomic E-state index is 0.723. The second-order valence-corrected chi connectivity index (χ2v) is 4.11. The average molecular weight is 155 g/mol. The zero-order valence-corrected chi connectivity index (χ0v) is 7.42. The maximum atomic E-state index is 5.41. The van der Waals surface area contributed by atoms with E-state index in [1.807, 2.05) is 0 Å². The molecule has 2 nitrogen and oxygen atoms in total. The maximum absolute atomic E-state index is 5.41. The molecule has 2 aliphatic rings. The molecule has 0 unspecified atom stereocenters. The van der Waals surface area contributed by atoms with Crippen molar-refractivity contribution >= 4 is 0 Å². The monoisotopic (exact) mass is 155 g/mol. The predicted octanol–water partition coefficient (Wildman–Crippen LogP) is 0.973. The van der Waals surface area contributed by atoms with Crippen molar-refractivity contribution in [1.82, 2.24) is 4.90 Å². The number of likely N-dealkylation sites (tertiary alicyclic amines) is 1. The van der Waals surface area contributed by atoms with Gasteiger partial charge in [0.2, 0.25) is 0 Å². The van der Waals surface area contributed by atoms with E-state index in [9.17, 15) is 0 Å². The van der Waals surface area contributed by atoms with E-state index in [1.54, 1.807) is 0 Å². The molecule has 2 fully saturated rings. The van der Waals surface area contributed by atoms with Crippen LogP contribution in [-0.4, -0.2) is 37.2 Å². The topological polar surface area (TPSA) is 12.5 Å². The lowest BCUT2D eigenvalue weighted by atomic mass is 10.0. The van der Waals surface area contributed by atoms with Crippen LogP contribution in [0, 0.1) is 11.8 Å². The highest BCUT2D eigenvalue weighted by Crippen LogP contribution is 2.29. The summed E-state index contributed by atoms with van der Waals surface area (Å²) in [7, 11) is 0. The van der Waals surface area contributed by atoms with Gasteiger partial charge in [0.15, 0.2) is 0 Å². The average Bonchev–Trinajstić information content (AvgIpc) is 2.40.